The van der Waals surface area contributed by atoms with Crippen LogP contribution in [0.4, 0.5) is 4.39 Å². The third kappa shape index (κ3) is 2.39. The van der Waals surface area contributed by atoms with E-state index < -0.39 is 19.0 Å². The first-order chi connectivity index (χ1) is 9.97. The summed E-state index contributed by atoms with van der Waals surface area (Å²) in [6.07, 6.45) is -1.10. The Labute approximate surface area is 122 Å². The molecule has 2 aromatic carbocycles. The molecule has 0 spiro atoms. The molecular weight excluding hydrogens is 270 g/mol. The molecule has 0 bridgehead atoms. The molecule has 1 atom stereocenters. The average molecular weight is 284 g/mol. The van der Waals surface area contributed by atoms with Crippen LogP contribution in [-0.2, 0) is 4.65 Å². The second-order valence-corrected chi connectivity index (χ2v) is 5.35. The number of Topliss-reactive ketones (excluding diaryl/α,β-unsaturated/α-hetero) is 1. The fourth-order valence-electron chi connectivity index (χ4n) is 2.78. The number of halogens is 1. The van der Waals surface area contributed by atoms with Gasteiger partial charge in [0.15, 0.2) is 5.78 Å². The van der Waals surface area contributed by atoms with E-state index in [4.69, 9.17) is 4.65 Å². The van der Waals surface area contributed by atoms with Crippen LogP contribution in [0.5, 0.6) is 0 Å². The molecule has 0 aromatic heterocycles. The molecule has 0 fully saturated rings. The van der Waals surface area contributed by atoms with Gasteiger partial charge in [-0.15, -0.1) is 0 Å². The number of ketones is 1. The maximum Gasteiger partial charge on any atom is 0.492 e. The first-order valence-corrected chi connectivity index (χ1v) is 6.71. The highest BCUT2D eigenvalue weighted by Gasteiger charge is 2.41. The molecule has 1 N–H and O–H groups in total. The Hall–Kier alpha value is -1.98. The molecule has 0 amide bonds. The standard InChI is InChI=1S/C16H14BFO3/c1-9-6-10(2)8-11(7-9)15(19)16-14-12(17(20)21-16)4-3-5-13(14)18/h3-8,16,20H,1-2H3. The normalized spacial score (nSPS) is 17.0. The predicted octanol–water partition coefficient (Wildman–Crippen LogP) is 2.08. The van der Waals surface area contributed by atoms with Crippen LogP contribution >= 0.6 is 0 Å². The van der Waals surface area contributed by atoms with Gasteiger partial charge < -0.3 is 9.68 Å². The number of fused-ring (bicyclic) bond motifs is 1. The van der Waals surface area contributed by atoms with E-state index in [1.165, 1.54) is 12.1 Å². The van der Waals surface area contributed by atoms with E-state index in [0.29, 0.717) is 11.0 Å². The summed E-state index contributed by atoms with van der Waals surface area (Å²) in [6, 6.07) is 9.76. The van der Waals surface area contributed by atoms with Gasteiger partial charge in [-0.05, 0) is 37.5 Å². The number of rotatable bonds is 2. The Kier molecular flexibility index (Phi) is 3.39. The fraction of sp³-hybridized carbons (Fsp3) is 0.188. The molecule has 1 aliphatic heterocycles. The molecule has 1 aliphatic rings. The first-order valence-electron chi connectivity index (χ1n) is 6.71. The maximum absolute atomic E-state index is 14.0. The van der Waals surface area contributed by atoms with E-state index >= 15 is 0 Å². The Morgan fingerprint density at radius 1 is 1.24 bits per heavy atom. The van der Waals surface area contributed by atoms with Crippen LogP contribution in [0.15, 0.2) is 36.4 Å². The largest absolute Gasteiger partial charge is 0.492 e. The van der Waals surface area contributed by atoms with Crippen LogP contribution in [0.2, 0.25) is 0 Å². The van der Waals surface area contributed by atoms with E-state index in [-0.39, 0.29) is 11.3 Å². The Balaban J connectivity index is 2.05. The zero-order valence-electron chi connectivity index (χ0n) is 11.8. The van der Waals surface area contributed by atoms with Crippen molar-refractivity contribution in [2.75, 3.05) is 0 Å². The van der Waals surface area contributed by atoms with Gasteiger partial charge in [0.1, 0.15) is 11.9 Å². The van der Waals surface area contributed by atoms with Crippen LogP contribution in [0.25, 0.3) is 0 Å². The number of hydrogen-bond donors (Lipinski definition) is 1. The Morgan fingerprint density at radius 2 is 1.90 bits per heavy atom. The smallest absolute Gasteiger partial charge is 0.423 e. The maximum atomic E-state index is 14.0. The average Bonchev–Trinajstić information content (AvgIpc) is 2.76. The highest BCUT2D eigenvalue weighted by Crippen LogP contribution is 2.29. The third-order valence-corrected chi connectivity index (χ3v) is 3.62. The van der Waals surface area contributed by atoms with E-state index in [1.807, 2.05) is 19.9 Å². The lowest BCUT2D eigenvalue weighted by atomic mass is 9.79. The molecule has 2 aromatic rings. The molecule has 106 valence electrons. The van der Waals surface area contributed by atoms with Crippen molar-refractivity contribution in [1.29, 1.82) is 0 Å². The molecule has 3 nitrogen and oxygen atoms in total. The topological polar surface area (TPSA) is 46.5 Å². The summed E-state index contributed by atoms with van der Waals surface area (Å²) >= 11 is 0. The number of carbonyl (C=O) groups is 1. The summed E-state index contributed by atoms with van der Waals surface area (Å²) in [5, 5.41) is 9.84. The van der Waals surface area contributed by atoms with Gasteiger partial charge in [0.2, 0.25) is 0 Å². The van der Waals surface area contributed by atoms with Crippen molar-refractivity contribution in [2.24, 2.45) is 0 Å². The second kappa shape index (κ2) is 5.09. The number of carbonyl (C=O) groups excluding carboxylic acids is 1. The summed E-state index contributed by atoms with van der Waals surface area (Å²) in [7, 11) is -1.27. The molecule has 0 saturated carbocycles. The second-order valence-electron chi connectivity index (χ2n) is 5.35. The van der Waals surface area contributed by atoms with E-state index in [0.717, 1.165) is 11.1 Å². The van der Waals surface area contributed by atoms with Crippen LogP contribution in [0.3, 0.4) is 0 Å². The lowest BCUT2D eigenvalue weighted by Gasteiger charge is -2.13. The number of benzene rings is 2. The summed E-state index contributed by atoms with van der Waals surface area (Å²) in [5.74, 6) is -0.878. The molecule has 0 radical (unpaired) electrons. The quantitative estimate of drug-likeness (QED) is 0.678. The van der Waals surface area contributed by atoms with E-state index in [2.05, 4.69) is 0 Å². The van der Waals surface area contributed by atoms with Crippen LogP contribution in [0.1, 0.15) is 33.2 Å². The molecule has 1 heterocycles. The zero-order chi connectivity index (χ0) is 15.1. The summed E-state index contributed by atoms with van der Waals surface area (Å²) in [5.41, 5.74) is 2.81. The summed E-state index contributed by atoms with van der Waals surface area (Å²) < 4.78 is 19.3. The Morgan fingerprint density at radius 3 is 2.57 bits per heavy atom. The van der Waals surface area contributed by atoms with Crippen molar-refractivity contribution in [1.82, 2.24) is 0 Å². The van der Waals surface area contributed by atoms with Crippen LogP contribution in [-0.4, -0.2) is 17.9 Å². The molecule has 0 aliphatic carbocycles. The van der Waals surface area contributed by atoms with Gasteiger partial charge in [0.05, 0.1) is 0 Å². The lowest BCUT2D eigenvalue weighted by molar-refractivity contribution is 0.0776. The third-order valence-electron chi connectivity index (χ3n) is 3.62. The van der Waals surface area contributed by atoms with Crippen molar-refractivity contribution >= 4 is 18.4 Å². The van der Waals surface area contributed by atoms with Crippen molar-refractivity contribution in [2.45, 2.75) is 20.0 Å². The number of hydrogen-bond acceptors (Lipinski definition) is 3. The lowest BCUT2D eigenvalue weighted by Crippen LogP contribution is -2.28. The minimum Gasteiger partial charge on any atom is -0.423 e. The van der Waals surface area contributed by atoms with E-state index in [9.17, 15) is 14.2 Å². The summed E-state index contributed by atoms with van der Waals surface area (Å²) in [4.78, 5) is 12.6. The van der Waals surface area contributed by atoms with E-state index in [1.54, 1.807) is 18.2 Å². The molecule has 21 heavy (non-hydrogen) atoms. The molecule has 1 unspecified atom stereocenters. The first kappa shape index (κ1) is 14.0. The predicted molar refractivity (Wildman–Crippen MR) is 78.1 cm³/mol. The van der Waals surface area contributed by atoms with Crippen molar-refractivity contribution in [3.63, 3.8) is 0 Å². The van der Waals surface area contributed by atoms with Crippen LogP contribution in [0, 0.1) is 19.7 Å². The minimum absolute atomic E-state index is 0.133. The van der Waals surface area contributed by atoms with Gasteiger partial charge in [-0.3, -0.25) is 4.79 Å². The molecule has 0 saturated heterocycles. The van der Waals surface area contributed by atoms with Crippen molar-refractivity contribution < 1.29 is 18.9 Å². The SMILES string of the molecule is Cc1cc(C)cc(C(=O)C2OB(O)c3cccc(F)c32)c1. The van der Waals surface area contributed by atoms with Crippen molar-refractivity contribution in [3.05, 3.63) is 64.5 Å². The molecule has 3 rings (SSSR count). The Bertz CT molecular complexity index is 709. The monoisotopic (exact) mass is 284 g/mol. The highest BCUT2D eigenvalue weighted by molar-refractivity contribution is 6.62. The number of aryl methyl sites for hydroxylation is 2. The van der Waals surface area contributed by atoms with Gasteiger partial charge in [-0.2, -0.15) is 0 Å². The van der Waals surface area contributed by atoms with Gasteiger partial charge in [-0.1, -0.05) is 29.3 Å². The minimum atomic E-state index is -1.27. The zero-order valence-corrected chi connectivity index (χ0v) is 11.8. The van der Waals surface area contributed by atoms with Crippen LogP contribution < -0.4 is 5.46 Å². The molecular formula is C16H14BFO3. The highest BCUT2D eigenvalue weighted by atomic mass is 19.1. The van der Waals surface area contributed by atoms with Crippen molar-refractivity contribution in [3.8, 4) is 0 Å². The summed E-state index contributed by atoms with van der Waals surface area (Å²) in [6.45, 7) is 3.78. The van der Waals surface area contributed by atoms with Gasteiger partial charge in [0, 0.05) is 11.1 Å². The van der Waals surface area contributed by atoms with Gasteiger partial charge >= 0.3 is 7.12 Å². The fourth-order valence-corrected chi connectivity index (χ4v) is 2.78. The van der Waals surface area contributed by atoms with Gasteiger partial charge in [0.25, 0.3) is 0 Å². The molecule has 5 heteroatoms. The van der Waals surface area contributed by atoms with Gasteiger partial charge in [-0.25, -0.2) is 4.39 Å².